The van der Waals surface area contributed by atoms with Gasteiger partial charge in [0.25, 0.3) is 0 Å². The first-order chi connectivity index (χ1) is 27.1. The van der Waals surface area contributed by atoms with Gasteiger partial charge in [-0.25, -0.2) is 9.36 Å². The fraction of sp³-hybridized carbons (Fsp3) is 0.705. The Bertz CT molecular complexity index is 1180. The van der Waals surface area contributed by atoms with Crippen molar-refractivity contribution in [1.82, 2.24) is 5.32 Å². The van der Waals surface area contributed by atoms with Crippen molar-refractivity contribution in [3.8, 4) is 0 Å². The summed E-state index contributed by atoms with van der Waals surface area (Å²) in [5.74, 6) is -2.39. The molecule has 0 fully saturated rings. The van der Waals surface area contributed by atoms with Crippen molar-refractivity contribution >= 4 is 25.7 Å². The monoisotopic (exact) mass is 810 g/mol. The van der Waals surface area contributed by atoms with E-state index in [1.165, 1.54) is 44.9 Å². The standard InChI is InChI=1S/C44H76NO10P/c1-3-5-7-9-11-13-14-15-16-17-18-19-20-21-22-23-24-25-26-28-30-32-34-36-43(48)53-37-40(46)38-54-56(51,52)55-39-41(44(49)50)45-42(47)35-33-31-29-27-12-10-8-6-4-2/h5,7,11,13,15-16,18-19,21-22,40-41,46H,3-4,6,8-10,12,14,17,20,23-39H2,1-2H3,(H,45,47)(H,49,50)(H,51,52)/b7-5-,13-11-,16-15-,19-18-,22-21-. The predicted molar refractivity (Wildman–Crippen MR) is 226 cm³/mol. The maximum Gasteiger partial charge on any atom is 0.472 e. The number of nitrogens with one attached hydrogen (secondary N) is 1. The zero-order valence-electron chi connectivity index (χ0n) is 34.7. The zero-order chi connectivity index (χ0) is 41.4. The van der Waals surface area contributed by atoms with Gasteiger partial charge >= 0.3 is 19.8 Å². The number of hydrogen-bond donors (Lipinski definition) is 4. The van der Waals surface area contributed by atoms with Gasteiger partial charge in [0.15, 0.2) is 6.04 Å². The van der Waals surface area contributed by atoms with E-state index in [0.29, 0.717) is 12.8 Å². The highest BCUT2D eigenvalue weighted by molar-refractivity contribution is 7.47. The average molecular weight is 810 g/mol. The number of unbranched alkanes of at least 4 members (excludes halogenated alkanes) is 15. The van der Waals surface area contributed by atoms with Gasteiger partial charge in [-0.05, 0) is 57.8 Å². The normalized spacial score (nSPS) is 14.4. The predicted octanol–water partition coefficient (Wildman–Crippen LogP) is 10.8. The number of hydrogen-bond acceptors (Lipinski definition) is 8. The molecule has 0 heterocycles. The lowest BCUT2D eigenvalue weighted by Crippen LogP contribution is -2.43. The number of phosphoric acid groups is 1. The summed E-state index contributed by atoms with van der Waals surface area (Å²) in [6.45, 7) is 2.42. The lowest BCUT2D eigenvalue weighted by atomic mass is 10.1. The van der Waals surface area contributed by atoms with Gasteiger partial charge in [0.2, 0.25) is 5.91 Å². The molecular formula is C44H76NO10P. The number of amides is 1. The number of carbonyl (C=O) groups is 3. The molecule has 11 nitrogen and oxygen atoms in total. The second kappa shape index (κ2) is 39.0. The number of allylic oxidation sites excluding steroid dienone is 10. The van der Waals surface area contributed by atoms with Crippen LogP contribution < -0.4 is 5.32 Å². The van der Waals surface area contributed by atoms with Gasteiger partial charge in [0, 0.05) is 12.8 Å². The van der Waals surface area contributed by atoms with Gasteiger partial charge in [-0.2, -0.15) is 0 Å². The molecule has 0 aromatic rings. The lowest BCUT2D eigenvalue weighted by molar-refractivity contribution is -0.147. The van der Waals surface area contributed by atoms with E-state index in [1.807, 2.05) is 0 Å². The molecule has 0 aromatic carbocycles. The molecule has 0 aliphatic rings. The van der Waals surface area contributed by atoms with Gasteiger partial charge in [0.05, 0.1) is 13.2 Å². The van der Waals surface area contributed by atoms with Crippen molar-refractivity contribution in [2.24, 2.45) is 0 Å². The van der Waals surface area contributed by atoms with Gasteiger partial charge < -0.3 is 25.2 Å². The van der Waals surface area contributed by atoms with Crippen LogP contribution in [0.3, 0.4) is 0 Å². The highest BCUT2D eigenvalue weighted by Crippen LogP contribution is 2.43. The molecule has 12 heteroatoms. The third-order valence-corrected chi connectivity index (χ3v) is 9.77. The van der Waals surface area contributed by atoms with E-state index >= 15 is 0 Å². The molecule has 0 saturated carbocycles. The minimum absolute atomic E-state index is 0.144. The molecule has 0 aliphatic heterocycles. The quantitative estimate of drug-likeness (QED) is 0.0203. The average Bonchev–Trinajstić information content (AvgIpc) is 3.17. The van der Waals surface area contributed by atoms with Crippen molar-refractivity contribution in [2.75, 3.05) is 19.8 Å². The second-order valence-corrected chi connectivity index (χ2v) is 15.6. The van der Waals surface area contributed by atoms with E-state index < -0.39 is 57.6 Å². The van der Waals surface area contributed by atoms with Gasteiger partial charge in [-0.15, -0.1) is 0 Å². The van der Waals surface area contributed by atoms with Crippen LogP contribution in [0.1, 0.15) is 168 Å². The minimum atomic E-state index is -4.75. The Balaban J connectivity index is 3.87. The first kappa shape index (κ1) is 53.2. The molecule has 3 unspecified atom stereocenters. The summed E-state index contributed by atoms with van der Waals surface area (Å²) < 4.78 is 26.7. The third kappa shape index (κ3) is 38.1. The van der Waals surface area contributed by atoms with Crippen LogP contribution in [0.15, 0.2) is 60.8 Å². The van der Waals surface area contributed by atoms with Crippen molar-refractivity contribution in [1.29, 1.82) is 0 Å². The van der Waals surface area contributed by atoms with E-state index in [-0.39, 0.29) is 12.8 Å². The molecule has 0 rings (SSSR count). The van der Waals surface area contributed by atoms with Crippen LogP contribution in [-0.2, 0) is 32.7 Å². The number of aliphatic hydroxyl groups is 1. The Kier molecular flexibility index (Phi) is 37.1. The molecule has 0 bridgehead atoms. The first-order valence-corrected chi connectivity index (χ1v) is 22.8. The fourth-order valence-electron chi connectivity index (χ4n) is 5.52. The van der Waals surface area contributed by atoms with E-state index in [1.54, 1.807) is 0 Å². The van der Waals surface area contributed by atoms with E-state index in [9.17, 15) is 34.1 Å². The number of ether oxygens (including phenoxy) is 1. The van der Waals surface area contributed by atoms with Crippen LogP contribution in [0.4, 0.5) is 0 Å². The van der Waals surface area contributed by atoms with Crippen LogP contribution in [0.2, 0.25) is 0 Å². The number of carboxylic acids is 1. The van der Waals surface area contributed by atoms with Crippen LogP contribution in [-0.4, -0.2) is 64.9 Å². The summed E-state index contributed by atoms with van der Waals surface area (Å²) >= 11 is 0. The van der Waals surface area contributed by atoms with Gasteiger partial charge in [-0.3, -0.25) is 18.6 Å². The van der Waals surface area contributed by atoms with Gasteiger partial charge in [-0.1, -0.05) is 158 Å². The Morgan fingerprint density at radius 3 is 1.55 bits per heavy atom. The lowest BCUT2D eigenvalue weighted by Gasteiger charge is -2.18. The summed E-state index contributed by atoms with van der Waals surface area (Å²) in [7, 11) is -4.75. The molecule has 0 aromatic heterocycles. The number of carboxylic acid groups (broad SMARTS) is 1. The summed E-state index contributed by atoms with van der Waals surface area (Å²) in [5, 5.41) is 21.7. The third-order valence-electron chi connectivity index (χ3n) is 8.82. The number of phosphoric ester groups is 1. The van der Waals surface area contributed by atoms with E-state index in [4.69, 9.17) is 13.8 Å². The topological polar surface area (TPSA) is 169 Å². The molecule has 0 aliphatic carbocycles. The van der Waals surface area contributed by atoms with E-state index in [2.05, 4.69) is 79.9 Å². The van der Waals surface area contributed by atoms with Gasteiger partial charge in [0.1, 0.15) is 12.7 Å². The molecule has 56 heavy (non-hydrogen) atoms. The maximum atomic E-state index is 12.2. The Labute approximate surface area is 338 Å². The summed E-state index contributed by atoms with van der Waals surface area (Å²) in [6, 6.07) is -1.55. The fourth-order valence-corrected chi connectivity index (χ4v) is 6.29. The molecule has 322 valence electrons. The molecule has 0 spiro atoms. The molecule has 1 amide bonds. The Morgan fingerprint density at radius 2 is 1.04 bits per heavy atom. The number of aliphatic carboxylic acids is 1. The molecule has 0 saturated heterocycles. The van der Waals surface area contributed by atoms with Crippen molar-refractivity contribution in [3.63, 3.8) is 0 Å². The molecule has 3 atom stereocenters. The van der Waals surface area contributed by atoms with Crippen LogP contribution in [0, 0.1) is 0 Å². The largest absolute Gasteiger partial charge is 0.480 e. The highest BCUT2D eigenvalue weighted by atomic mass is 31.2. The Morgan fingerprint density at radius 1 is 0.589 bits per heavy atom. The highest BCUT2D eigenvalue weighted by Gasteiger charge is 2.28. The van der Waals surface area contributed by atoms with E-state index in [0.717, 1.165) is 83.5 Å². The SMILES string of the molecule is CC/C=C\C/C=C\C/C=C\C/C=C\C/C=C\CCCCCCCCCC(=O)OCC(O)COP(=O)(O)OCC(NC(=O)CCCCCCCCCCC)C(=O)O. The molecular weight excluding hydrogens is 733 g/mol. The molecule has 0 radical (unpaired) electrons. The summed E-state index contributed by atoms with van der Waals surface area (Å²) in [5.41, 5.74) is 0. The zero-order valence-corrected chi connectivity index (χ0v) is 35.6. The Hall–Kier alpha value is -2.82. The number of rotatable bonds is 39. The number of esters is 1. The van der Waals surface area contributed by atoms with Crippen molar-refractivity contribution in [2.45, 2.75) is 180 Å². The minimum Gasteiger partial charge on any atom is -0.480 e. The second-order valence-electron chi connectivity index (χ2n) is 14.2. The van der Waals surface area contributed by atoms with Crippen LogP contribution in [0.25, 0.3) is 0 Å². The first-order valence-electron chi connectivity index (χ1n) is 21.3. The number of aliphatic hydroxyl groups excluding tert-OH is 1. The van der Waals surface area contributed by atoms with Crippen LogP contribution in [0.5, 0.6) is 0 Å². The smallest absolute Gasteiger partial charge is 0.472 e. The number of carbonyl (C=O) groups excluding carboxylic acids is 2. The summed E-state index contributed by atoms with van der Waals surface area (Å²) in [6.07, 6.45) is 44.1. The van der Waals surface area contributed by atoms with Crippen molar-refractivity contribution in [3.05, 3.63) is 60.8 Å². The molecule has 4 N–H and O–H groups in total. The maximum absolute atomic E-state index is 12.2. The van der Waals surface area contributed by atoms with Crippen LogP contribution >= 0.6 is 7.82 Å². The van der Waals surface area contributed by atoms with Crippen molar-refractivity contribution < 1.29 is 47.8 Å². The summed E-state index contributed by atoms with van der Waals surface area (Å²) in [4.78, 5) is 45.7.